The summed E-state index contributed by atoms with van der Waals surface area (Å²) in [6, 6.07) is 1.91. The van der Waals surface area contributed by atoms with Gasteiger partial charge in [-0.1, -0.05) is 6.92 Å². The molecule has 0 spiro atoms. The van der Waals surface area contributed by atoms with Crippen LogP contribution in [0.25, 0.3) is 0 Å². The molecular formula is C11H20IN5. The number of piperidine rings is 1. The number of nitrogens with zero attached hydrogens (tertiary/aromatic N) is 3. The summed E-state index contributed by atoms with van der Waals surface area (Å²) < 4.78 is 0. The SMILES string of the molecule is CC1CCCN(C(N)=NCc2ccn[nH]2)C1.I. The Morgan fingerprint density at radius 3 is 3.18 bits per heavy atom. The van der Waals surface area contributed by atoms with Crippen LogP contribution in [0, 0.1) is 5.92 Å². The van der Waals surface area contributed by atoms with Crippen molar-refractivity contribution in [2.24, 2.45) is 16.6 Å². The maximum absolute atomic E-state index is 5.97. The highest BCUT2D eigenvalue weighted by Crippen LogP contribution is 2.14. The molecule has 1 atom stereocenters. The minimum absolute atomic E-state index is 0. The van der Waals surface area contributed by atoms with Crippen LogP contribution < -0.4 is 5.73 Å². The van der Waals surface area contributed by atoms with E-state index >= 15 is 0 Å². The summed E-state index contributed by atoms with van der Waals surface area (Å²) in [5.74, 6) is 1.37. The largest absolute Gasteiger partial charge is 0.370 e. The van der Waals surface area contributed by atoms with Crippen molar-refractivity contribution in [1.29, 1.82) is 0 Å². The lowest BCUT2D eigenvalue weighted by atomic mass is 10.0. The highest BCUT2D eigenvalue weighted by atomic mass is 127. The van der Waals surface area contributed by atoms with Crippen LogP contribution in [0.2, 0.25) is 0 Å². The number of likely N-dealkylation sites (tertiary alicyclic amines) is 1. The molecule has 17 heavy (non-hydrogen) atoms. The van der Waals surface area contributed by atoms with Gasteiger partial charge in [0, 0.05) is 19.3 Å². The van der Waals surface area contributed by atoms with Gasteiger partial charge in [0.05, 0.1) is 12.2 Å². The number of aromatic nitrogens is 2. The van der Waals surface area contributed by atoms with Gasteiger partial charge in [-0.2, -0.15) is 5.10 Å². The number of hydrogen-bond donors (Lipinski definition) is 2. The van der Waals surface area contributed by atoms with Crippen LogP contribution in [0.15, 0.2) is 17.3 Å². The van der Waals surface area contributed by atoms with Crippen LogP contribution in [0.3, 0.4) is 0 Å². The lowest BCUT2D eigenvalue weighted by Gasteiger charge is -2.31. The highest BCUT2D eigenvalue weighted by Gasteiger charge is 2.17. The first-order valence-electron chi connectivity index (χ1n) is 5.79. The summed E-state index contributed by atoms with van der Waals surface area (Å²) in [7, 11) is 0. The number of H-pyrrole nitrogens is 1. The summed E-state index contributed by atoms with van der Waals surface area (Å²) in [4.78, 5) is 6.55. The number of nitrogens with two attached hydrogens (primary N) is 1. The molecule has 1 fully saturated rings. The van der Waals surface area contributed by atoms with Crippen molar-refractivity contribution >= 4 is 29.9 Å². The number of guanidine groups is 1. The minimum Gasteiger partial charge on any atom is -0.370 e. The zero-order valence-electron chi connectivity index (χ0n) is 10.1. The topological polar surface area (TPSA) is 70.3 Å². The van der Waals surface area contributed by atoms with Gasteiger partial charge < -0.3 is 10.6 Å². The van der Waals surface area contributed by atoms with Gasteiger partial charge in [0.25, 0.3) is 0 Å². The molecule has 1 aliphatic rings. The summed E-state index contributed by atoms with van der Waals surface area (Å²) >= 11 is 0. The van der Waals surface area contributed by atoms with E-state index in [1.54, 1.807) is 6.20 Å². The molecule has 2 rings (SSSR count). The molecule has 3 N–H and O–H groups in total. The Kier molecular flexibility index (Phi) is 5.73. The Labute approximate surface area is 119 Å². The highest BCUT2D eigenvalue weighted by molar-refractivity contribution is 14.0. The summed E-state index contributed by atoms with van der Waals surface area (Å²) in [5.41, 5.74) is 6.96. The first-order valence-corrected chi connectivity index (χ1v) is 5.79. The Morgan fingerprint density at radius 2 is 2.53 bits per heavy atom. The van der Waals surface area contributed by atoms with E-state index in [2.05, 4.69) is 27.0 Å². The Balaban J connectivity index is 0.00000144. The minimum atomic E-state index is 0. The predicted octanol–water partition coefficient (Wildman–Crippen LogP) is 1.57. The average Bonchev–Trinajstić information content (AvgIpc) is 2.78. The van der Waals surface area contributed by atoms with Gasteiger partial charge in [0.1, 0.15) is 0 Å². The van der Waals surface area contributed by atoms with Crippen LogP contribution in [0.4, 0.5) is 0 Å². The fourth-order valence-corrected chi connectivity index (χ4v) is 2.04. The second-order valence-corrected chi connectivity index (χ2v) is 4.45. The second kappa shape index (κ2) is 6.83. The van der Waals surface area contributed by atoms with E-state index in [-0.39, 0.29) is 24.0 Å². The molecule has 2 heterocycles. The van der Waals surface area contributed by atoms with E-state index in [1.807, 2.05) is 6.07 Å². The number of hydrogen-bond acceptors (Lipinski definition) is 2. The van der Waals surface area contributed by atoms with Gasteiger partial charge in [-0.05, 0) is 24.8 Å². The average molecular weight is 349 g/mol. The lowest BCUT2D eigenvalue weighted by molar-refractivity contribution is 0.270. The molecule has 0 saturated carbocycles. The van der Waals surface area contributed by atoms with E-state index in [0.717, 1.165) is 24.7 Å². The Bertz CT molecular complexity index is 349. The molecule has 1 aliphatic heterocycles. The molecule has 0 aliphatic carbocycles. The maximum atomic E-state index is 5.97. The van der Waals surface area contributed by atoms with E-state index < -0.39 is 0 Å². The predicted molar refractivity (Wildman–Crippen MR) is 79.3 cm³/mol. The quantitative estimate of drug-likeness (QED) is 0.484. The lowest BCUT2D eigenvalue weighted by Crippen LogP contribution is -2.43. The van der Waals surface area contributed by atoms with Crippen molar-refractivity contribution in [2.75, 3.05) is 13.1 Å². The number of aromatic amines is 1. The van der Waals surface area contributed by atoms with E-state index in [4.69, 9.17) is 5.73 Å². The summed E-state index contributed by atoms with van der Waals surface area (Å²) in [6.07, 6.45) is 4.23. The van der Waals surface area contributed by atoms with Gasteiger partial charge in [-0.3, -0.25) is 5.10 Å². The van der Waals surface area contributed by atoms with Crippen molar-refractivity contribution < 1.29 is 0 Å². The maximum Gasteiger partial charge on any atom is 0.191 e. The number of aliphatic imine (C=N–C) groups is 1. The standard InChI is InChI=1S/C11H19N5.HI/c1-9-3-2-6-16(8-9)11(12)13-7-10-4-5-14-15-10;/h4-5,9H,2-3,6-8H2,1H3,(H2,12,13)(H,14,15);1H. The van der Waals surface area contributed by atoms with Crippen LogP contribution >= 0.6 is 24.0 Å². The first-order chi connectivity index (χ1) is 7.75. The van der Waals surface area contributed by atoms with Crippen LogP contribution in [-0.4, -0.2) is 34.1 Å². The molecule has 0 bridgehead atoms. The molecular weight excluding hydrogens is 329 g/mol. The zero-order valence-corrected chi connectivity index (χ0v) is 12.4. The molecule has 0 aromatic carbocycles. The fraction of sp³-hybridized carbons (Fsp3) is 0.636. The van der Waals surface area contributed by atoms with Crippen molar-refractivity contribution in [2.45, 2.75) is 26.3 Å². The Morgan fingerprint density at radius 1 is 1.71 bits per heavy atom. The number of halogens is 1. The van der Waals surface area contributed by atoms with Gasteiger partial charge >= 0.3 is 0 Å². The van der Waals surface area contributed by atoms with E-state index in [1.165, 1.54) is 12.8 Å². The monoisotopic (exact) mass is 349 g/mol. The third kappa shape index (κ3) is 4.18. The first kappa shape index (κ1) is 14.3. The van der Waals surface area contributed by atoms with E-state index in [9.17, 15) is 0 Å². The van der Waals surface area contributed by atoms with E-state index in [0.29, 0.717) is 12.5 Å². The third-order valence-corrected chi connectivity index (χ3v) is 2.95. The normalized spacial score (nSPS) is 21.1. The van der Waals surface area contributed by atoms with Gasteiger partial charge in [0.2, 0.25) is 0 Å². The molecule has 1 saturated heterocycles. The molecule has 1 aromatic heterocycles. The fourth-order valence-electron chi connectivity index (χ4n) is 2.04. The summed E-state index contributed by atoms with van der Waals surface area (Å²) in [5, 5.41) is 6.75. The molecule has 96 valence electrons. The molecule has 6 heteroatoms. The Hall–Kier alpha value is -0.790. The number of rotatable bonds is 2. The molecule has 1 unspecified atom stereocenters. The smallest absolute Gasteiger partial charge is 0.191 e. The van der Waals surface area contributed by atoms with Gasteiger partial charge in [-0.15, -0.1) is 24.0 Å². The van der Waals surface area contributed by atoms with Gasteiger partial charge in [0.15, 0.2) is 5.96 Å². The zero-order chi connectivity index (χ0) is 11.4. The second-order valence-electron chi connectivity index (χ2n) is 4.45. The van der Waals surface area contributed by atoms with Crippen molar-refractivity contribution in [3.05, 3.63) is 18.0 Å². The van der Waals surface area contributed by atoms with Crippen LogP contribution in [-0.2, 0) is 6.54 Å². The van der Waals surface area contributed by atoms with Crippen molar-refractivity contribution in [3.63, 3.8) is 0 Å². The molecule has 0 amide bonds. The van der Waals surface area contributed by atoms with Crippen molar-refractivity contribution in [1.82, 2.24) is 15.1 Å². The summed E-state index contributed by atoms with van der Waals surface area (Å²) in [6.45, 7) is 4.89. The van der Waals surface area contributed by atoms with Crippen molar-refractivity contribution in [3.8, 4) is 0 Å². The number of nitrogens with one attached hydrogen (secondary N) is 1. The molecule has 5 nitrogen and oxygen atoms in total. The molecule has 1 aromatic rings. The molecule has 0 radical (unpaired) electrons. The third-order valence-electron chi connectivity index (χ3n) is 2.95. The van der Waals surface area contributed by atoms with Crippen LogP contribution in [0.5, 0.6) is 0 Å². The van der Waals surface area contributed by atoms with Gasteiger partial charge in [-0.25, -0.2) is 4.99 Å². The van der Waals surface area contributed by atoms with Crippen LogP contribution in [0.1, 0.15) is 25.5 Å².